The van der Waals surface area contributed by atoms with Gasteiger partial charge < -0.3 is 34.3 Å². The van der Waals surface area contributed by atoms with E-state index in [-0.39, 0.29) is 0 Å². The third kappa shape index (κ3) is 4.37. The molecule has 0 amide bonds. The summed E-state index contributed by atoms with van der Waals surface area (Å²) in [6.07, 6.45) is -6.33. The van der Waals surface area contributed by atoms with Crippen LogP contribution in [0.5, 0.6) is 0 Å². The summed E-state index contributed by atoms with van der Waals surface area (Å²) in [5.41, 5.74) is 0. The van der Waals surface area contributed by atoms with Crippen molar-refractivity contribution in [2.75, 3.05) is 6.61 Å². The van der Waals surface area contributed by atoms with E-state index in [4.69, 9.17) is 4.74 Å². The molecule has 3 N–H and O–H groups in total. The fourth-order valence-corrected chi connectivity index (χ4v) is 1.72. The van der Waals surface area contributed by atoms with Crippen LogP contribution in [0.3, 0.4) is 0 Å². The Morgan fingerprint density at radius 2 is 1.82 bits per heavy atom. The van der Waals surface area contributed by atoms with E-state index in [1.807, 2.05) is 0 Å². The number of aliphatic hydroxyl groups is 3. The lowest BCUT2D eigenvalue weighted by molar-refractivity contribution is -0.360. The molecule has 0 spiro atoms. The first kappa shape index (κ1) is 18.3. The van der Waals surface area contributed by atoms with Crippen LogP contribution in [0.15, 0.2) is 0 Å². The summed E-state index contributed by atoms with van der Waals surface area (Å²) in [7, 11) is 0. The molecule has 2 unspecified atom stereocenters. The SMILES string of the molecule is CC(=O)OC[C@H]1OC(O)(OC(=O)C(C)OC(C)=O)[C@H](O)[C@H]1O. The molecule has 1 saturated heterocycles. The number of carbonyl (C=O) groups excluding carboxylic acids is 3. The van der Waals surface area contributed by atoms with Gasteiger partial charge in [0.1, 0.15) is 18.8 Å². The van der Waals surface area contributed by atoms with Crippen LogP contribution in [0.1, 0.15) is 20.8 Å². The van der Waals surface area contributed by atoms with Crippen molar-refractivity contribution < 1.29 is 48.7 Å². The van der Waals surface area contributed by atoms with E-state index in [0.29, 0.717) is 0 Å². The smallest absolute Gasteiger partial charge is 0.357 e. The summed E-state index contributed by atoms with van der Waals surface area (Å²) < 4.78 is 18.5. The van der Waals surface area contributed by atoms with Crippen LogP contribution in [0, 0.1) is 0 Å². The van der Waals surface area contributed by atoms with Gasteiger partial charge in [-0.05, 0) is 6.92 Å². The topological polar surface area (TPSA) is 149 Å². The molecule has 10 nitrogen and oxygen atoms in total. The van der Waals surface area contributed by atoms with E-state index in [0.717, 1.165) is 13.8 Å². The summed E-state index contributed by atoms with van der Waals surface area (Å²) in [6, 6.07) is 0. The van der Waals surface area contributed by atoms with Gasteiger partial charge in [-0.3, -0.25) is 9.59 Å². The molecular weight excluding hydrogens is 304 g/mol. The Labute approximate surface area is 125 Å². The Kier molecular flexibility index (Phi) is 5.83. The maximum Gasteiger partial charge on any atom is 0.357 e. The minimum atomic E-state index is -2.85. The van der Waals surface area contributed by atoms with Crippen LogP contribution in [0.25, 0.3) is 0 Å². The van der Waals surface area contributed by atoms with Gasteiger partial charge in [0.25, 0.3) is 0 Å². The standard InChI is InChI=1S/C12H18O10/c1-5(20-7(3)14)11(17)22-12(18)10(16)9(15)8(21-12)4-19-6(2)13/h5,8-10,15-16,18H,4H2,1-3H3/t5?,8-,9+,10-,12?/m1/s1. The highest BCUT2D eigenvalue weighted by atomic mass is 16.9. The molecule has 0 aliphatic carbocycles. The lowest BCUT2D eigenvalue weighted by Gasteiger charge is -2.26. The highest BCUT2D eigenvalue weighted by Crippen LogP contribution is 2.31. The van der Waals surface area contributed by atoms with Gasteiger partial charge in [0.05, 0.1) is 0 Å². The van der Waals surface area contributed by atoms with Gasteiger partial charge in [-0.15, -0.1) is 0 Å². The third-order valence-corrected chi connectivity index (χ3v) is 2.77. The summed E-state index contributed by atoms with van der Waals surface area (Å²) in [6.45, 7) is 2.90. The highest BCUT2D eigenvalue weighted by Gasteiger charge is 2.57. The molecule has 0 aromatic rings. The maximum absolute atomic E-state index is 11.6. The van der Waals surface area contributed by atoms with Crippen molar-refractivity contribution in [2.24, 2.45) is 0 Å². The molecule has 1 fully saturated rings. The first-order valence-corrected chi connectivity index (χ1v) is 6.36. The van der Waals surface area contributed by atoms with Crippen molar-refractivity contribution in [1.82, 2.24) is 0 Å². The van der Waals surface area contributed by atoms with E-state index in [1.165, 1.54) is 6.92 Å². The number of rotatable bonds is 5. The van der Waals surface area contributed by atoms with Crippen LogP contribution < -0.4 is 0 Å². The third-order valence-electron chi connectivity index (χ3n) is 2.77. The van der Waals surface area contributed by atoms with Crippen molar-refractivity contribution in [3.8, 4) is 0 Å². The van der Waals surface area contributed by atoms with Crippen LogP contribution >= 0.6 is 0 Å². The molecule has 1 rings (SSSR count). The second kappa shape index (κ2) is 7.01. The predicted octanol–water partition coefficient (Wildman–Crippen LogP) is -2.19. The van der Waals surface area contributed by atoms with Crippen molar-refractivity contribution >= 4 is 17.9 Å². The molecule has 1 aliphatic rings. The minimum Gasteiger partial charge on any atom is -0.463 e. The quantitative estimate of drug-likeness (QED) is 0.289. The van der Waals surface area contributed by atoms with Gasteiger partial charge in [-0.2, -0.15) is 0 Å². The molecule has 22 heavy (non-hydrogen) atoms. The molecule has 126 valence electrons. The number of esters is 3. The Bertz CT molecular complexity index is 449. The van der Waals surface area contributed by atoms with Crippen LogP contribution in [0.4, 0.5) is 0 Å². The number of aliphatic hydroxyl groups excluding tert-OH is 2. The van der Waals surface area contributed by atoms with E-state index in [1.54, 1.807) is 0 Å². The molecule has 0 saturated carbocycles. The molecule has 0 radical (unpaired) electrons. The summed E-state index contributed by atoms with van der Waals surface area (Å²) in [4.78, 5) is 33.1. The number of hydrogen-bond donors (Lipinski definition) is 3. The van der Waals surface area contributed by atoms with Crippen molar-refractivity contribution in [3.05, 3.63) is 0 Å². The summed E-state index contributed by atoms with van der Waals surface area (Å²) in [5.74, 6) is -5.47. The van der Waals surface area contributed by atoms with E-state index in [2.05, 4.69) is 14.2 Å². The minimum absolute atomic E-state index is 0.465. The van der Waals surface area contributed by atoms with Gasteiger partial charge in [-0.1, -0.05) is 0 Å². The molecule has 10 heteroatoms. The highest BCUT2D eigenvalue weighted by molar-refractivity contribution is 5.78. The largest absolute Gasteiger partial charge is 0.463 e. The molecule has 0 aromatic carbocycles. The average molecular weight is 322 g/mol. The fraction of sp³-hybridized carbons (Fsp3) is 0.750. The molecule has 5 atom stereocenters. The monoisotopic (exact) mass is 322 g/mol. The first-order chi connectivity index (χ1) is 10.1. The zero-order valence-electron chi connectivity index (χ0n) is 12.2. The summed E-state index contributed by atoms with van der Waals surface area (Å²) in [5, 5.41) is 29.4. The number of ether oxygens (including phenoxy) is 4. The van der Waals surface area contributed by atoms with Crippen molar-refractivity contribution in [3.63, 3.8) is 0 Å². The second-order valence-electron chi connectivity index (χ2n) is 4.70. The van der Waals surface area contributed by atoms with Crippen LogP contribution in [-0.4, -0.2) is 70.2 Å². The van der Waals surface area contributed by atoms with E-state index < -0.39 is 54.9 Å². The number of hydrogen-bond acceptors (Lipinski definition) is 10. The molecule has 0 bridgehead atoms. The van der Waals surface area contributed by atoms with Gasteiger partial charge in [0, 0.05) is 13.8 Å². The Hall–Kier alpha value is -1.75. The summed E-state index contributed by atoms with van der Waals surface area (Å²) >= 11 is 0. The average Bonchev–Trinajstić information content (AvgIpc) is 2.60. The normalized spacial score (nSPS) is 32.2. The Balaban J connectivity index is 2.70. The number of carbonyl (C=O) groups is 3. The first-order valence-electron chi connectivity index (χ1n) is 6.36. The predicted molar refractivity (Wildman–Crippen MR) is 65.8 cm³/mol. The van der Waals surface area contributed by atoms with E-state index in [9.17, 15) is 29.7 Å². The van der Waals surface area contributed by atoms with Gasteiger partial charge in [-0.25, -0.2) is 4.79 Å². The lowest BCUT2D eigenvalue weighted by Crippen LogP contribution is -2.48. The molecule has 1 heterocycles. The van der Waals surface area contributed by atoms with Gasteiger partial charge >= 0.3 is 23.9 Å². The fourth-order valence-electron chi connectivity index (χ4n) is 1.72. The van der Waals surface area contributed by atoms with Crippen molar-refractivity contribution in [1.29, 1.82) is 0 Å². The molecular formula is C12H18O10. The van der Waals surface area contributed by atoms with Crippen molar-refractivity contribution in [2.45, 2.75) is 51.2 Å². The van der Waals surface area contributed by atoms with Crippen LogP contribution in [-0.2, 0) is 33.3 Å². The van der Waals surface area contributed by atoms with E-state index >= 15 is 0 Å². The Morgan fingerprint density at radius 3 is 2.32 bits per heavy atom. The zero-order chi connectivity index (χ0) is 17.1. The van der Waals surface area contributed by atoms with Gasteiger partial charge in [0.2, 0.25) is 0 Å². The van der Waals surface area contributed by atoms with Gasteiger partial charge in [0.15, 0.2) is 12.2 Å². The zero-order valence-corrected chi connectivity index (χ0v) is 12.2. The second-order valence-corrected chi connectivity index (χ2v) is 4.70. The molecule has 0 aromatic heterocycles. The maximum atomic E-state index is 11.6. The Morgan fingerprint density at radius 1 is 1.23 bits per heavy atom. The van der Waals surface area contributed by atoms with Crippen LogP contribution in [0.2, 0.25) is 0 Å². The molecule has 1 aliphatic heterocycles. The lowest BCUT2D eigenvalue weighted by atomic mass is 10.1.